The van der Waals surface area contributed by atoms with Crippen LogP contribution in [0.2, 0.25) is 14.8 Å². The standard InChI is InChI=1S/C12H25.2C4H9.Al/c1-4-6-7-8-9-11-12(3)10-5-2;2*1-4(2)3;/h4-11H2,1-3H3;2*4H,1H2,2-3H3;. The summed E-state index contributed by atoms with van der Waals surface area (Å²) in [6.45, 7) is 17.1. The molecule has 0 saturated heterocycles. The second-order valence-electron chi connectivity index (χ2n) is 8.52. The first-order chi connectivity index (χ1) is 9.85. The summed E-state index contributed by atoms with van der Waals surface area (Å²) < 4.78 is 0.718. The van der Waals surface area contributed by atoms with E-state index in [1.54, 1.807) is 10.6 Å². The molecule has 0 radical (unpaired) electrons. The Morgan fingerprint density at radius 1 is 0.714 bits per heavy atom. The SMILES string of the molecule is CCCCCCC[C](C)(CCC)[Al]([CH2]C(C)C)[CH2]C(C)C. The first kappa shape index (κ1) is 21.5. The minimum absolute atomic E-state index is 0.656. The molecule has 126 valence electrons. The van der Waals surface area contributed by atoms with Gasteiger partial charge in [-0.3, -0.25) is 0 Å². The topological polar surface area (TPSA) is 0 Å². The number of unbranched alkanes of at least 4 members (excludes halogenated alkanes) is 4. The second-order valence-corrected chi connectivity index (χ2v) is 12.3. The third-order valence-corrected chi connectivity index (χ3v) is 10.7. The molecule has 0 aliphatic carbocycles. The quantitative estimate of drug-likeness (QED) is 0.241. The summed E-state index contributed by atoms with van der Waals surface area (Å²) in [5, 5.41) is 3.12. The summed E-state index contributed by atoms with van der Waals surface area (Å²) in [6.07, 6.45) is 11.6. The molecule has 0 bridgehead atoms. The lowest BCUT2D eigenvalue weighted by atomic mass is 9.96. The fraction of sp³-hybridized carbons (Fsp3) is 1.00. The molecule has 1 unspecified atom stereocenters. The van der Waals surface area contributed by atoms with Crippen LogP contribution in [0, 0.1) is 11.8 Å². The molecule has 0 aromatic heterocycles. The van der Waals surface area contributed by atoms with Crippen molar-refractivity contribution < 1.29 is 0 Å². The van der Waals surface area contributed by atoms with Crippen molar-refractivity contribution in [1.29, 1.82) is 0 Å². The molecule has 0 amide bonds. The molecular formula is C20H43Al. The number of hydrogen-bond donors (Lipinski definition) is 0. The molecule has 0 aromatic rings. The maximum atomic E-state index is 2.66. The van der Waals surface area contributed by atoms with Crippen LogP contribution in [0.15, 0.2) is 0 Å². The van der Waals surface area contributed by atoms with Gasteiger partial charge in [-0.05, 0) is 0 Å². The zero-order chi connectivity index (χ0) is 16.3. The van der Waals surface area contributed by atoms with Gasteiger partial charge >= 0.3 is 0 Å². The van der Waals surface area contributed by atoms with Gasteiger partial charge in [-0.15, -0.1) is 0 Å². The van der Waals surface area contributed by atoms with Crippen LogP contribution in [-0.4, -0.2) is 14.1 Å². The fourth-order valence-electron chi connectivity index (χ4n) is 4.04. The zero-order valence-electron chi connectivity index (χ0n) is 16.3. The molecule has 0 aliphatic rings. The predicted octanol–water partition coefficient (Wildman–Crippen LogP) is 7.71. The van der Waals surface area contributed by atoms with Crippen molar-refractivity contribution in [1.82, 2.24) is 0 Å². The highest BCUT2D eigenvalue weighted by Crippen LogP contribution is 2.45. The molecule has 21 heavy (non-hydrogen) atoms. The van der Waals surface area contributed by atoms with Gasteiger partial charge in [-0.2, -0.15) is 0 Å². The Labute approximate surface area is 140 Å². The van der Waals surface area contributed by atoms with E-state index in [4.69, 9.17) is 0 Å². The number of rotatable bonds is 13. The summed E-state index contributed by atoms with van der Waals surface area (Å²) in [5.74, 6) is 1.80. The highest BCUT2D eigenvalue weighted by molar-refractivity contribution is 6.62. The van der Waals surface area contributed by atoms with E-state index in [9.17, 15) is 0 Å². The Balaban J connectivity index is 4.64. The molecule has 1 heteroatoms. The maximum Gasteiger partial charge on any atom is 0.269 e. The van der Waals surface area contributed by atoms with Crippen molar-refractivity contribution >= 4 is 14.1 Å². The van der Waals surface area contributed by atoms with E-state index in [-0.39, 0.29) is 0 Å². The van der Waals surface area contributed by atoms with E-state index in [1.807, 2.05) is 0 Å². The average molecular weight is 311 g/mol. The summed E-state index contributed by atoms with van der Waals surface area (Å²) >= 11 is -0.656. The fourth-order valence-corrected chi connectivity index (χ4v) is 8.96. The third-order valence-electron chi connectivity index (χ3n) is 5.17. The molecule has 0 fully saturated rings. The van der Waals surface area contributed by atoms with Crippen LogP contribution in [0.5, 0.6) is 0 Å². The summed E-state index contributed by atoms with van der Waals surface area (Å²) in [4.78, 5) is 0. The van der Waals surface area contributed by atoms with Gasteiger partial charge in [0, 0.05) is 0 Å². The van der Waals surface area contributed by atoms with Crippen molar-refractivity contribution in [2.75, 3.05) is 0 Å². The maximum absolute atomic E-state index is 2.66. The lowest BCUT2D eigenvalue weighted by Crippen LogP contribution is -2.33. The lowest BCUT2D eigenvalue weighted by molar-refractivity contribution is 0.450. The van der Waals surface area contributed by atoms with Gasteiger partial charge in [0.1, 0.15) is 0 Å². The van der Waals surface area contributed by atoms with Crippen LogP contribution < -0.4 is 0 Å². The molecule has 1 atom stereocenters. The van der Waals surface area contributed by atoms with Crippen LogP contribution in [0.25, 0.3) is 0 Å². The van der Waals surface area contributed by atoms with Gasteiger partial charge in [0.2, 0.25) is 0 Å². The summed E-state index contributed by atoms with van der Waals surface area (Å²) in [7, 11) is 0. The van der Waals surface area contributed by atoms with Crippen LogP contribution in [0.1, 0.15) is 99.8 Å². The molecule has 0 heterocycles. The van der Waals surface area contributed by atoms with Crippen LogP contribution in [0.4, 0.5) is 0 Å². The van der Waals surface area contributed by atoms with Gasteiger partial charge < -0.3 is 0 Å². The smallest absolute Gasteiger partial charge is 0.0912 e. The van der Waals surface area contributed by atoms with Gasteiger partial charge in [0.15, 0.2) is 0 Å². The summed E-state index contributed by atoms with van der Waals surface area (Å²) in [6, 6.07) is 0. The molecule has 0 spiro atoms. The Bertz CT molecular complexity index is 224. The lowest BCUT2D eigenvalue weighted by Gasteiger charge is -2.37. The molecule has 0 saturated carbocycles. The van der Waals surface area contributed by atoms with Crippen LogP contribution in [-0.2, 0) is 0 Å². The van der Waals surface area contributed by atoms with Gasteiger partial charge in [0.25, 0.3) is 14.1 Å². The van der Waals surface area contributed by atoms with Crippen molar-refractivity contribution in [2.24, 2.45) is 11.8 Å². The predicted molar refractivity (Wildman–Crippen MR) is 102 cm³/mol. The van der Waals surface area contributed by atoms with E-state index in [0.29, 0.717) is 0 Å². The van der Waals surface area contributed by atoms with Gasteiger partial charge in [0.05, 0.1) is 0 Å². The third kappa shape index (κ3) is 10.0. The molecule has 0 aliphatic heterocycles. The Morgan fingerprint density at radius 3 is 1.67 bits per heavy atom. The minimum atomic E-state index is -0.656. The average Bonchev–Trinajstić information content (AvgIpc) is 2.37. The molecule has 0 nitrogen and oxygen atoms in total. The van der Waals surface area contributed by atoms with Crippen LogP contribution >= 0.6 is 0 Å². The van der Waals surface area contributed by atoms with Crippen molar-refractivity contribution in [3.63, 3.8) is 0 Å². The van der Waals surface area contributed by atoms with E-state index < -0.39 is 14.1 Å². The molecule has 0 N–H and O–H groups in total. The monoisotopic (exact) mass is 310 g/mol. The zero-order valence-corrected chi connectivity index (χ0v) is 17.5. The van der Waals surface area contributed by atoms with Crippen molar-refractivity contribution in [3.8, 4) is 0 Å². The second kappa shape index (κ2) is 12.0. The Kier molecular flexibility index (Phi) is 12.3. The minimum Gasteiger partial charge on any atom is -0.0912 e. The number of hydrogen-bond acceptors (Lipinski definition) is 0. The van der Waals surface area contributed by atoms with E-state index in [0.717, 1.165) is 16.1 Å². The van der Waals surface area contributed by atoms with Crippen LogP contribution in [0.3, 0.4) is 0 Å². The Morgan fingerprint density at radius 2 is 1.24 bits per heavy atom. The molecule has 0 aromatic carbocycles. The van der Waals surface area contributed by atoms with Crippen molar-refractivity contribution in [3.05, 3.63) is 0 Å². The van der Waals surface area contributed by atoms with E-state index >= 15 is 0 Å². The van der Waals surface area contributed by atoms with Gasteiger partial charge in [-0.25, -0.2) is 0 Å². The molecular weight excluding hydrogens is 267 g/mol. The van der Waals surface area contributed by atoms with Crippen molar-refractivity contribution in [2.45, 2.75) is 115 Å². The normalized spacial score (nSPS) is 14.7. The highest BCUT2D eigenvalue weighted by Gasteiger charge is 2.38. The highest BCUT2D eigenvalue weighted by atomic mass is 27.2. The summed E-state index contributed by atoms with van der Waals surface area (Å²) in [5.41, 5.74) is 0. The van der Waals surface area contributed by atoms with E-state index in [1.165, 1.54) is 51.4 Å². The first-order valence-corrected chi connectivity index (χ1v) is 12.1. The van der Waals surface area contributed by atoms with E-state index in [2.05, 4.69) is 48.5 Å². The Hall–Kier alpha value is 0.532. The largest absolute Gasteiger partial charge is 0.269 e. The van der Waals surface area contributed by atoms with Gasteiger partial charge in [-0.1, -0.05) is 127 Å². The first-order valence-electron chi connectivity index (χ1n) is 9.85. The molecule has 0 rings (SSSR count).